The first-order chi connectivity index (χ1) is 8.65. The third-order valence-corrected chi connectivity index (χ3v) is 2.75. The molecule has 0 amide bonds. The first kappa shape index (κ1) is 10.5. The Kier molecular flexibility index (Phi) is 2.16. The summed E-state index contributed by atoms with van der Waals surface area (Å²) < 4.78 is 6.56. The van der Waals surface area contributed by atoms with E-state index >= 15 is 0 Å². The highest BCUT2D eigenvalue weighted by Gasteiger charge is 2.13. The van der Waals surface area contributed by atoms with Crippen molar-refractivity contribution in [1.82, 2.24) is 14.9 Å². The summed E-state index contributed by atoms with van der Waals surface area (Å²) in [4.78, 5) is 10.9. The molecule has 6 heteroatoms. The average molecular weight is 243 g/mol. The Balaban J connectivity index is 2.15. The molecule has 0 saturated carbocycles. The zero-order valence-corrected chi connectivity index (χ0v) is 9.49. The minimum atomic E-state index is -1.04. The zero-order valence-electron chi connectivity index (χ0n) is 9.49. The lowest BCUT2D eigenvalue weighted by molar-refractivity contribution is 0.0689. The van der Waals surface area contributed by atoms with Gasteiger partial charge < -0.3 is 9.63 Å². The third-order valence-electron chi connectivity index (χ3n) is 2.75. The number of hydrogen-bond donors (Lipinski definition) is 1. The Bertz CT molecular complexity index is 742. The summed E-state index contributed by atoms with van der Waals surface area (Å²) in [5.41, 5.74) is 2.32. The van der Waals surface area contributed by atoms with E-state index in [1.165, 1.54) is 10.7 Å². The van der Waals surface area contributed by atoms with E-state index in [-0.39, 0.29) is 5.69 Å². The molecule has 1 aromatic carbocycles. The van der Waals surface area contributed by atoms with Gasteiger partial charge in [0.05, 0.1) is 11.9 Å². The Labute approximate surface area is 101 Å². The van der Waals surface area contributed by atoms with Crippen LogP contribution in [-0.4, -0.2) is 26.0 Å². The predicted molar refractivity (Wildman–Crippen MR) is 63.2 cm³/mol. The molecule has 18 heavy (non-hydrogen) atoms. The van der Waals surface area contributed by atoms with E-state index in [4.69, 9.17) is 9.63 Å². The number of hydrogen-bond acceptors (Lipinski definition) is 4. The van der Waals surface area contributed by atoms with E-state index in [1.807, 2.05) is 12.1 Å². The largest absolute Gasteiger partial charge is 0.476 e. The van der Waals surface area contributed by atoms with Gasteiger partial charge in [-0.25, -0.2) is 4.79 Å². The van der Waals surface area contributed by atoms with Crippen LogP contribution in [0.25, 0.3) is 22.2 Å². The van der Waals surface area contributed by atoms with Crippen LogP contribution in [0, 0.1) is 0 Å². The summed E-state index contributed by atoms with van der Waals surface area (Å²) >= 11 is 0. The first-order valence-electron chi connectivity index (χ1n) is 5.27. The molecule has 2 aromatic heterocycles. The molecule has 3 rings (SSSR count). The number of aryl methyl sites for hydroxylation is 1. The van der Waals surface area contributed by atoms with Gasteiger partial charge in [-0.3, -0.25) is 4.68 Å². The maximum atomic E-state index is 10.9. The number of carboxylic acid groups (broad SMARTS) is 1. The molecular formula is C12H9N3O3. The quantitative estimate of drug-likeness (QED) is 0.743. The number of carboxylic acids is 1. The Hall–Kier alpha value is -2.63. The van der Waals surface area contributed by atoms with Crippen molar-refractivity contribution in [2.75, 3.05) is 0 Å². The second kappa shape index (κ2) is 3.69. The number of aromatic nitrogens is 3. The Morgan fingerprint density at radius 3 is 2.94 bits per heavy atom. The highest BCUT2D eigenvalue weighted by molar-refractivity contribution is 5.88. The van der Waals surface area contributed by atoms with Crippen LogP contribution in [0.3, 0.4) is 0 Å². The molecule has 3 aromatic rings. The molecule has 0 aliphatic rings. The van der Waals surface area contributed by atoms with Crippen molar-refractivity contribution in [1.29, 1.82) is 0 Å². The van der Waals surface area contributed by atoms with Crippen molar-refractivity contribution < 1.29 is 14.4 Å². The number of rotatable bonds is 2. The van der Waals surface area contributed by atoms with E-state index in [2.05, 4.69) is 10.3 Å². The van der Waals surface area contributed by atoms with Gasteiger partial charge in [0.25, 0.3) is 0 Å². The topological polar surface area (TPSA) is 81.2 Å². The normalized spacial score (nSPS) is 10.9. The summed E-state index contributed by atoms with van der Waals surface area (Å²) in [5.74, 6) is -1.04. The van der Waals surface area contributed by atoms with Crippen LogP contribution in [0.1, 0.15) is 10.5 Å². The van der Waals surface area contributed by atoms with Gasteiger partial charge in [0.15, 0.2) is 11.3 Å². The average Bonchev–Trinajstić information content (AvgIpc) is 2.93. The molecule has 0 atom stereocenters. The predicted octanol–water partition coefficient (Wildman–Crippen LogP) is 1.93. The molecule has 0 bridgehead atoms. The number of carbonyl (C=O) groups is 1. The van der Waals surface area contributed by atoms with Gasteiger partial charge in [0.2, 0.25) is 0 Å². The van der Waals surface area contributed by atoms with Crippen molar-refractivity contribution in [3.8, 4) is 11.3 Å². The summed E-state index contributed by atoms with van der Waals surface area (Å²) in [5, 5.41) is 17.4. The number of aromatic carboxylic acids is 1. The van der Waals surface area contributed by atoms with Gasteiger partial charge >= 0.3 is 5.97 Å². The summed E-state index contributed by atoms with van der Waals surface area (Å²) in [6, 6.07) is 7.06. The van der Waals surface area contributed by atoms with E-state index in [9.17, 15) is 4.79 Å². The molecule has 0 aliphatic carbocycles. The third kappa shape index (κ3) is 1.55. The van der Waals surface area contributed by atoms with Crippen LogP contribution < -0.4 is 0 Å². The van der Waals surface area contributed by atoms with E-state index in [1.54, 1.807) is 19.3 Å². The maximum Gasteiger partial charge on any atom is 0.356 e. The molecule has 0 radical (unpaired) electrons. The second-order valence-electron chi connectivity index (χ2n) is 3.92. The summed E-state index contributed by atoms with van der Waals surface area (Å²) in [6.07, 6.45) is 1.62. The van der Waals surface area contributed by atoms with Crippen molar-refractivity contribution in [2.24, 2.45) is 7.05 Å². The van der Waals surface area contributed by atoms with Gasteiger partial charge in [-0.15, -0.1) is 0 Å². The van der Waals surface area contributed by atoms with Gasteiger partial charge in [0, 0.05) is 18.0 Å². The van der Waals surface area contributed by atoms with Crippen LogP contribution in [0.15, 0.2) is 35.0 Å². The monoisotopic (exact) mass is 243 g/mol. The van der Waals surface area contributed by atoms with Crippen LogP contribution in [0.4, 0.5) is 0 Å². The van der Waals surface area contributed by atoms with Crippen molar-refractivity contribution in [3.63, 3.8) is 0 Å². The minimum absolute atomic E-state index is 0.0258. The highest BCUT2D eigenvalue weighted by atomic mass is 16.5. The number of benzene rings is 1. The lowest BCUT2D eigenvalue weighted by Gasteiger charge is -2.00. The molecule has 0 spiro atoms. The number of fused-ring (bicyclic) bond motifs is 1. The molecule has 2 heterocycles. The van der Waals surface area contributed by atoms with Gasteiger partial charge in [0.1, 0.15) is 0 Å². The molecule has 0 unspecified atom stereocenters. The van der Waals surface area contributed by atoms with Crippen molar-refractivity contribution in [2.45, 2.75) is 0 Å². The van der Waals surface area contributed by atoms with E-state index in [0.29, 0.717) is 5.58 Å². The zero-order chi connectivity index (χ0) is 12.7. The molecule has 0 saturated heterocycles. The fourth-order valence-corrected chi connectivity index (χ4v) is 1.87. The second-order valence-corrected chi connectivity index (χ2v) is 3.92. The fourth-order valence-electron chi connectivity index (χ4n) is 1.87. The number of nitrogens with zero attached hydrogens (tertiary/aromatic N) is 3. The molecule has 90 valence electrons. The van der Waals surface area contributed by atoms with Crippen molar-refractivity contribution in [3.05, 3.63) is 36.2 Å². The SMILES string of the molecule is Cn1nc(C(=O)O)cc1-c1ccc2oncc2c1. The van der Waals surface area contributed by atoms with Crippen LogP contribution in [-0.2, 0) is 7.05 Å². The molecule has 0 aliphatic heterocycles. The minimum Gasteiger partial charge on any atom is -0.476 e. The molecular weight excluding hydrogens is 234 g/mol. The first-order valence-corrected chi connectivity index (χ1v) is 5.27. The van der Waals surface area contributed by atoms with Gasteiger partial charge in [-0.2, -0.15) is 5.10 Å². The maximum absolute atomic E-state index is 10.9. The lowest BCUT2D eigenvalue weighted by atomic mass is 10.1. The van der Waals surface area contributed by atoms with Crippen LogP contribution >= 0.6 is 0 Å². The molecule has 1 N–H and O–H groups in total. The van der Waals surface area contributed by atoms with E-state index in [0.717, 1.165) is 16.6 Å². The summed E-state index contributed by atoms with van der Waals surface area (Å²) in [6.45, 7) is 0. The smallest absolute Gasteiger partial charge is 0.356 e. The van der Waals surface area contributed by atoms with Crippen molar-refractivity contribution >= 4 is 16.9 Å². The van der Waals surface area contributed by atoms with Gasteiger partial charge in [-0.1, -0.05) is 5.16 Å². The molecule has 0 fully saturated rings. The summed E-state index contributed by atoms with van der Waals surface area (Å²) in [7, 11) is 1.71. The Morgan fingerprint density at radius 1 is 1.39 bits per heavy atom. The van der Waals surface area contributed by atoms with E-state index < -0.39 is 5.97 Å². The highest BCUT2D eigenvalue weighted by Crippen LogP contribution is 2.24. The standard InChI is InChI=1S/C12H9N3O3/c1-15-10(5-9(14-15)12(16)17)7-2-3-11-8(4-7)6-13-18-11/h2-6H,1H3,(H,16,17). The van der Waals surface area contributed by atoms with Gasteiger partial charge in [-0.05, 0) is 24.3 Å². The lowest BCUT2D eigenvalue weighted by Crippen LogP contribution is -1.99. The Morgan fingerprint density at radius 2 is 2.22 bits per heavy atom. The van der Waals surface area contributed by atoms with Crippen LogP contribution in [0.5, 0.6) is 0 Å². The molecule has 6 nitrogen and oxygen atoms in total. The van der Waals surface area contributed by atoms with Crippen LogP contribution in [0.2, 0.25) is 0 Å². The fraction of sp³-hybridized carbons (Fsp3) is 0.0833.